The van der Waals surface area contributed by atoms with E-state index in [1.807, 2.05) is 19.1 Å². The summed E-state index contributed by atoms with van der Waals surface area (Å²) in [6, 6.07) is 21.1. The maximum atomic E-state index is 15.7. The number of carbonyl (C=O) groups is 2. The fraction of sp³-hybridized carbons (Fsp3) is 0.643. The SMILES string of the molecule is C[C@H](CCCc1ccccc1)C[C@@H]1C#C[C@H]2CC[C@@H](Cc3ccccc3)C[C@]23CC#C[C@@]2(C)C[C@@H](OC3=O)[C@@H]3[C@@]([C@@H](O)CC[C@@]3(C)C3CCCC3)([C@H]1O)[C@@]2(O)CCC1=CC(=O)OC1. The van der Waals surface area contributed by atoms with Crippen molar-refractivity contribution in [3.63, 3.8) is 0 Å². The maximum absolute atomic E-state index is 15.7. The predicted octanol–water partition coefficient (Wildman–Crippen LogP) is 9.35. The van der Waals surface area contributed by atoms with Gasteiger partial charge in [-0.2, -0.15) is 0 Å². The first-order valence-corrected chi connectivity index (χ1v) is 24.6. The number of carbonyl (C=O) groups excluding carboxylic acids is 2. The summed E-state index contributed by atoms with van der Waals surface area (Å²) in [5.74, 6) is 13.3. The summed E-state index contributed by atoms with van der Waals surface area (Å²) in [6.45, 7) is 6.73. The average molecular weight is 855 g/mol. The molecule has 1 spiro atoms. The van der Waals surface area contributed by atoms with Crippen LogP contribution in [0.5, 0.6) is 0 Å². The van der Waals surface area contributed by atoms with Gasteiger partial charge in [0.25, 0.3) is 0 Å². The summed E-state index contributed by atoms with van der Waals surface area (Å²) in [4.78, 5) is 28.1. The molecule has 2 aromatic rings. The molecular weight excluding hydrogens is 785 g/mol. The summed E-state index contributed by atoms with van der Waals surface area (Å²) < 4.78 is 12.6. The van der Waals surface area contributed by atoms with Gasteiger partial charge in [-0.05, 0) is 130 Å². The molecule has 0 saturated heterocycles. The molecule has 2 aromatic carbocycles. The van der Waals surface area contributed by atoms with Crippen LogP contribution in [0.1, 0.15) is 135 Å². The largest absolute Gasteiger partial charge is 0.461 e. The van der Waals surface area contributed by atoms with Crippen LogP contribution in [0.3, 0.4) is 0 Å². The van der Waals surface area contributed by atoms with E-state index in [1.54, 1.807) is 0 Å². The zero-order valence-electron chi connectivity index (χ0n) is 38.0. The van der Waals surface area contributed by atoms with Crippen molar-refractivity contribution in [1.29, 1.82) is 0 Å². The molecule has 7 nitrogen and oxygen atoms in total. The lowest BCUT2D eigenvalue weighted by Crippen LogP contribution is -2.80. The summed E-state index contributed by atoms with van der Waals surface area (Å²) in [5, 5.41) is 41.5. The van der Waals surface area contributed by atoms with E-state index in [-0.39, 0.29) is 49.1 Å². The van der Waals surface area contributed by atoms with Gasteiger partial charge in [0.1, 0.15) is 12.7 Å². The Morgan fingerprint density at radius 3 is 2.32 bits per heavy atom. The Balaban J connectivity index is 1.22. The van der Waals surface area contributed by atoms with Gasteiger partial charge in [0.05, 0.1) is 34.1 Å². The van der Waals surface area contributed by atoms with Crippen molar-refractivity contribution in [2.45, 2.75) is 160 Å². The van der Waals surface area contributed by atoms with Gasteiger partial charge in [0.2, 0.25) is 0 Å². The molecule has 7 heteroatoms. The lowest BCUT2D eigenvalue weighted by Gasteiger charge is -2.72. The third-order valence-corrected chi connectivity index (χ3v) is 18.1. The second-order valence-corrected chi connectivity index (χ2v) is 21.8. The third kappa shape index (κ3) is 7.71. The van der Waals surface area contributed by atoms with Crippen LogP contribution in [0.4, 0.5) is 0 Å². The van der Waals surface area contributed by atoms with Crippen LogP contribution in [0.25, 0.3) is 0 Å². The Morgan fingerprint density at radius 1 is 0.873 bits per heavy atom. The van der Waals surface area contributed by atoms with Crippen LogP contribution in [0, 0.1) is 80.8 Å². The van der Waals surface area contributed by atoms with Crippen molar-refractivity contribution < 1.29 is 34.4 Å². The second-order valence-electron chi connectivity index (χ2n) is 21.8. The van der Waals surface area contributed by atoms with Crippen LogP contribution < -0.4 is 0 Å². The van der Waals surface area contributed by atoms with E-state index in [4.69, 9.17) is 9.47 Å². The highest BCUT2D eigenvalue weighted by Gasteiger charge is 2.79. The summed E-state index contributed by atoms with van der Waals surface area (Å²) in [5.41, 5.74) is -2.64. The van der Waals surface area contributed by atoms with E-state index in [2.05, 4.69) is 86.1 Å². The molecule has 7 aliphatic rings. The molecule has 4 saturated carbocycles. The molecule has 3 N–H and O–H groups in total. The predicted molar refractivity (Wildman–Crippen MR) is 243 cm³/mol. The fourth-order valence-corrected chi connectivity index (χ4v) is 14.9. The maximum Gasteiger partial charge on any atom is 0.331 e. The number of benzene rings is 2. The minimum Gasteiger partial charge on any atom is -0.461 e. The average Bonchev–Trinajstić information content (AvgIpc) is 3.98. The number of aryl methyl sites for hydroxylation is 1. The Kier molecular flexibility index (Phi) is 12.3. The molecule has 3 heterocycles. The monoisotopic (exact) mass is 855 g/mol. The van der Waals surface area contributed by atoms with E-state index in [0.717, 1.165) is 69.8 Å². The number of cyclic esters (lactones) is 1. The van der Waals surface area contributed by atoms with E-state index in [9.17, 15) is 20.1 Å². The van der Waals surface area contributed by atoms with Crippen molar-refractivity contribution in [2.24, 2.45) is 57.2 Å². The molecule has 0 radical (unpaired) electrons. The van der Waals surface area contributed by atoms with Crippen LogP contribution in [-0.4, -0.2) is 57.8 Å². The standard InChI is InChI=1S/C56H70O7/c1-38(14-12-19-39-15-6-4-7-16-39)32-43-23-25-45-24-22-41(33-40-17-8-5-9-18-40)35-54(45)29-13-28-52(2)36-46(63-51(54)60)49-53(3,44-20-10-11-21-44)30-27-47(57)56(49,50(43)59)55(52,61)31-26-42-34-48(58)62-37-42/h4-9,15-18,34,38,41,43-47,49-50,57,59,61H,10-12,14,19-22,24,26-27,29-33,35-37H2,1-3H3/t38-,41+,43+,45-,46-,47+,49+,50+,52+,53+,54-,55-,56+/m1/s1. The van der Waals surface area contributed by atoms with Gasteiger partial charge in [0.15, 0.2) is 0 Å². The number of fused-ring (bicyclic) bond motifs is 2. The van der Waals surface area contributed by atoms with Gasteiger partial charge >= 0.3 is 11.9 Å². The molecule has 0 aromatic heterocycles. The van der Waals surface area contributed by atoms with Crippen LogP contribution in [-0.2, 0) is 31.9 Å². The minimum absolute atomic E-state index is 0.154. The Hall–Kier alpha value is -3.88. The van der Waals surface area contributed by atoms with Crippen LogP contribution >= 0.6 is 0 Å². The lowest BCUT2D eigenvalue weighted by molar-refractivity contribution is -0.341. The Bertz CT molecular complexity index is 2160. The van der Waals surface area contributed by atoms with Crippen molar-refractivity contribution >= 4 is 11.9 Å². The highest BCUT2D eigenvalue weighted by Crippen LogP contribution is 2.72. The van der Waals surface area contributed by atoms with Gasteiger partial charge in [-0.15, -0.1) is 5.92 Å². The lowest BCUT2D eigenvalue weighted by atomic mass is 9.35. The van der Waals surface area contributed by atoms with Gasteiger partial charge in [-0.1, -0.05) is 112 Å². The summed E-state index contributed by atoms with van der Waals surface area (Å²) in [7, 11) is 0. The molecule has 4 fully saturated rings. The van der Waals surface area contributed by atoms with Crippen LogP contribution in [0.15, 0.2) is 72.3 Å². The Labute approximate surface area is 376 Å². The molecule has 336 valence electrons. The van der Waals surface area contributed by atoms with Gasteiger partial charge < -0.3 is 24.8 Å². The van der Waals surface area contributed by atoms with E-state index < -0.39 is 63.4 Å². The molecule has 0 unspecified atom stereocenters. The molecule has 3 aliphatic heterocycles. The first kappa shape index (κ1) is 44.3. The molecule has 9 rings (SSSR count). The second kappa shape index (κ2) is 17.5. The Morgan fingerprint density at radius 2 is 1.60 bits per heavy atom. The van der Waals surface area contributed by atoms with Crippen molar-refractivity contribution in [1.82, 2.24) is 0 Å². The molecular formula is C56H70O7. The van der Waals surface area contributed by atoms with E-state index in [0.29, 0.717) is 38.5 Å². The first-order chi connectivity index (χ1) is 30.3. The molecule has 63 heavy (non-hydrogen) atoms. The first-order valence-electron chi connectivity index (χ1n) is 24.6. The van der Waals surface area contributed by atoms with Crippen molar-refractivity contribution in [2.75, 3.05) is 6.61 Å². The normalized spacial score (nSPS) is 40.0. The summed E-state index contributed by atoms with van der Waals surface area (Å²) in [6.07, 6.45) is 11.5. The fourth-order valence-electron chi connectivity index (χ4n) is 14.9. The number of esters is 2. The highest BCUT2D eigenvalue weighted by atomic mass is 16.5. The van der Waals surface area contributed by atoms with E-state index in [1.165, 1.54) is 17.2 Å². The summed E-state index contributed by atoms with van der Waals surface area (Å²) >= 11 is 0. The minimum atomic E-state index is -1.76. The van der Waals surface area contributed by atoms with Gasteiger partial charge in [0, 0.05) is 36.7 Å². The topological polar surface area (TPSA) is 113 Å². The smallest absolute Gasteiger partial charge is 0.331 e. The van der Waals surface area contributed by atoms with E-state index >= 15 is 4.79 Å². The third-order valence-electron chi connectivity index (χ3n) is 18.1. The zero-order valence-corrected chi connectivity index (χ0v) is 38.0. The number of rotatable bonds is 12. The molecule has 4 aliphatic carbocycles. The quantitative estimate of drug-likeness (QED) is 0.144. The van der Waals surface area contributed by atoms with Crippen LogP contribution in [0.2, 0.25) is 0 Å². The number of aliphatic hydroxyl groups excluding tert-OH is 2. The molecule has 13 atom stereocenters. The highest BCUT2D eigenvalue weighted by molar-refractivity contribution is 5.85. The van der Waals surface area contributed by atoms with Crippen molar-refractivity contribution in [3.8, 4) is 23.7 Å². The zero-order chi connectivity index (χ0) is 44.0. The molecule has 4 bridgehead atoms. The van der Waals surface area contributed by atoms with Gasteiger partial charge in [-0.25, -0.2) is 4.79 Å². The number of hydrogen-bond donors (Lipinski definition) is 3. The van der Waals surface area contributed by atoms with Gasteiger partial charge in [-0.3, -0.25) is 4.79 Å². The number of ether oxygens (including phenoxy) is 2. The molecule has 0 amide bonds. The number of hydrogen-bond acceptors (Lipinski definition) is 7. The number of aliphatic hydroxyl groups is 3. The van der Waals surface area contributed by atoms with Crippen molar-refractivity contribution in [3.05, 3.63) is 83.4 Å².